The molecule has 1 heterocycles. The number of amides is 2. The minimum atomic E-state index is -3.83. The van der Waals surface area contributed by atoms with Gasteiger partial charge in [-0.1, -0.05) is 61.2 Å². The van der Waals surface area contributed by atoms with Crippen molar-refractivity contribution < 1.29 is 18.0 Å². The van der Waals surface area contributed by atoms with Gasteiger partial charge in [-0.2, -0.15) is 0 Å². The second-order valence-corrected chi connectivity index (χ2v) is 11.9. The summed E-state index contributed by atoms with van der Waals surface area (Å²) in [7, 11) is -3.83. The number of thiophene rings is 1. The zero-order chi connectivity index (χ0) is 27.0. The summed E-state index contributed by atoms with van der Waals surface area (Å²) >= 11 is 1.41. The summed E-state index contributed by atoms with van der Waals surface area (Å²) in [6.45, 7) is 1.87. The van der Waals surface area contributed by atoms with Gasteiger partial charge in [0.1, 0.15) is 6.04 Å². The lowest BCUT2D eigenvalue weighted by Gasteiger charge is -2.32. The number of nitrogens with one attached hydrogen (secondary N) is 3. The standard InChI is InChI=1S/C28H32N4O4S2/c1-21-14-16-24(17-15-21)38(35,36)31-29-19-18-26(33)32(23-11-6-3-7-12-23)27(25-13-8-20-37-25)28(34)30-22-9-4-2-5-10-22/h3,6-8,11-20,22,27,29,31H,2,4-5,9-10H2,1H3,(H,30,34)/b19-18+. The highest BCUT2D eigenvalue weighted by atomic mass is 32.2. The SMILES string of the molecule is Cc1ccc(S(=O)(=O)NN/C=C/C(=O)N(c2ccccc2)C(C(=O)NC2CCCCC2)c2cccs2)cc1. The molecule has 200 valence electrons. The van der Waals surface area contributed by atoms with Crippen LogP contribution in [0, 0.1) is 6.92 Å². The van der Waals surface area contributed by atoms with E-state index in [0.717, 1.165) is 36.1 Å². The number of anilines is 1. The van der Waals surface area contributed by atoms with Crippen molar-refractivity contribution in [2.45, 2.75) is 56.0 Å². The molecule has 0 saturated heterocycles. The molecule has 0 bridgehead atoms. The molecule has 1 saturated carbocycles. The molecule has 1 atom stereocenters. The Morgan fingerprint density at radius 1 is 0.974 bits per heavy atom. The van der Waals surface area contributed by atoms with Crippen molar-refractivity contribution in [2.24, 2.45) is 0 Å². The molecule has 8 nitrogen and oxygen atoms in total. The maximum absolute atomic E-state index is 13.6. The molecule has 0 spiro atoms. The molecule has 0 aliphatic heterocycles. The highest BCUT2D eigenvalue weighted by molar-refractivity contribution is 7.89. The van der Waals surface area contributed by atoms with Crippen LogP contribution in [0.5, 0.6) is 0 Å². The molecular formula is C28H32N4O4S2. The Kier molecular flexibility index (Phi) is 9.33. The minimum Gasteiger partial charge on any atom is -0.351 e. The van der Waals surface area contributed by atoms with E-state index in [2.05, 4.69) is 15.6 Å². The second kappa shape index (κ2) is 12.9. The second-order valence-electron chi connectivity index (χ2n) is 9.20. The van der Waals surface area contributed by atoms with Crippen LogP contribution in [0.1, 0.15) is 48.6 Å². The number of nitrogens with zero attached hydrogens (tertiary/aromatic N) is 1. The van der Waals surface area contributed by atoms with Crippen molar-refractivity contribution in [3.8, 4) is 0 Å². The fourth-order valence-electron chi connectivity index (χ4n) is 4.42. The average Bonchev–Trinajstić information content (AvgIpc) is 3.45. The molecule has 0 radical (unpaired) electrons. The Balaban J connectivity index is 1.55. The molecule has 1 aliphatic carbocycles. The molecule has 10 heteroatoms. The van der Waals surface area contributed by atoms with Gasteiger partial charge in [0, 0.05) is 28.9 Å². The van der Waals surface area contributed by atoms with E-state index < -0.39 is 22.0 Å². The van der Waals surface area contributed by atoms with Gasteiger partial charge in [0.25, 0.3) is 15.9 Å². The number of carbonyl (C=O) groups excluding carboxylic acids is 2. The van der Waals surface area contributed by atoms with Crippen LogP contribution >= 0.6 is 11.3 Å². The van der Waals surface area contributed by atoms with E-state index in [0.29, 0.717) is 5.69 Å². The fraction of sp³-hybridized carbons (Fsp3) is 0.286. The van der Waals surface area contributed by atoms with Crippen LogP contribution in [0.4, 0.5) is 5.69 Å². The van der Waals surface area contributed by atoms with E-state index in [1.807, 2.05) is 30.5 Å². The summed E-state index contributed by atoms with van der Waals surface area (Å²) in [5.74, 6) is -0.714. The third-order valence-electron chi connectivity index (χ3n) is 6.38. The number of hydrogen-bond acceptors (Lipinski definition) is 6. The zero-order valence-electron chi connectivity index (χ0n) is 21.2. The molecule has 3 N–H and O–H groups in total. The highest BCUT2D eigenvalue weighted by Gasteiger charge is 2.34. The van der Waals surface area contributed by atoms with Gasteiger partial charge in [-0.25, -0.2) is 8.42 Å². The van der Waals surface area contributed by atoms with Crippen molar-refractivity contribution in [2.75, 3.05) is 4.90 Å². The van der Waals surface area contributed by atoms with Gasteiger partial charge in [-0.3, -0.25) is 14.5 Å². The van der Waals surface area contributed by atoms with Crippen LogP contribution in [0.15, 0.2) is 89.3 Å². The van der Waals surface area contributed by atoms with Crippen LogP contribution in [-0.2, 0) is 19.6 Å². The molecule has 1 fully saturated rings. The summed E-state index contributed by atoms with van der Waals surface area (Å²) in [5.41, 5.74) is 3.98. The van der Waals surface area contributed by atoms with E-state index in [-0.39, 0.29) is 16.8 Å². The molecule has 4 rings (SSSR count). The van der Waals surface area contributed by atoms with Crippen molar-refractivity contribution in [1.82, 2.24) is 15.6 Å². The molecule has 1 aliphatic rings. The first-order chi connectivity index (χ1) is 18.3. The average molecular weight is 553 g/mol. The van der Waals surface area contributed by atoms with Gasteiger partial charge in [-0.15, -0.1) is 16.2 Å². The number of rotatable bonds is 10. The molecule has 1 aromatic heterocycles. The summed E-state index contributed by atoms with van der Waals surface area (Å²) < 4.78 is 25.1. The highest BCUT2D eigenvalue weighted by Crippen LogP contribution is 2.31. The Hall–Kier alpha value is -3.47. The van der Waals surface area contributed by atoms with E-state index in [1.54, 1.807) is 36.4 Å². The Bertz CT molecular complexity index is 1340. The lowest BCUT2D eigenvalue weighted by molar-refractivity contribution is -0.126. The van der Waals surface area contributed by atoms with Crippen molar-refractivity contribution >= 4 is 38.9 Å². The van der Waals surface area contributed by atoms with E-state index >= 15 is 0 Å². The van der Waals surface area contributed by atoms with Gasteiger partial charge < -0.3 is 10.7 Å². The minimum absolute atomic E-state index is 0.0832. The van der Waals surface area contributed by atoms with Crippen molar-refractivity contribution in [1.29, 1.82) is 0 Å². The maximum Gasteiger partial charge on any atom is 0.257 e. The van der Waals surface area contributed by atoms with E-state index in [1.165, 1.54) is 47.1 Å². The largest absolute Gasteiger partial charge is 0.351 e. The Morgan fingerprint density at radius 3 is 2.34 bits per heavy atom. The Morgan fingerprint density at radius 2 is 1.68 bits per heavy atom. The summed E-state index contributed by atoms with van der Waals surface area (Å²) in [5, 5.41) is 5.04. The number of sulfonamides is 1. The number of hydrazine groups is 1. The topological polar surface area (TPSA) is 108 Å². The summed E-state index contributed by atoms with van der Waals surface area (Å²) in [6.07, 6.45) is 7.58. The van der Waals surface area contributed by atoms with Crippen molar-refractivity contribution in [3.63, 3.8) is 0 Å². The van der Waals surface area contributed by atoms with Crippen LogP contribution in [0.2, 0.25) is 0 Å². The number of aryl methyl sites for hydroxylation is 1. The third kappa shape index (κ3) is 7.09. The molecule has 1 unspecified atom stereocenters. The molecule has 2 aromatic carbocycles. The lowest BCUT2D eigenvalue weighted by atomic mass is 9.95. The third-order valence-corrected chi connectivity index (χ3v) is 8.58. The van der Waals surface area contributed by atoms with E-state index in [9.17, 15) is 18.0 Å². The number of carbonyl (C=O) groups is 2. The van der Waals surface area contributed by atoms with Gasteiger partial charge in [-0.05, 0) is 55.5 Å². The van der Waals surface area contributed by atoms with E-state index in [4.69, 9.17) is 0 Å². The Labute approximate surface area is 227 Å². The van der Waals surface area contributed by atoms with Crippen LogP contribution in [0.25, 0.3) is 0 Å². The first-order valence-corrected chi connectivity index (χ1v) is 14.9. The normalized spacial score (nSPS) is 15.2. The van der Waals surface area contributed by atoms with Crippen LogP contribution in [0.3, 0.4) is 0 Å². The fourth-order valence-corrected chi connectivity index (χ4v) is 6.07. The predicted octanol–water partition coefficient (Wildman–Crippen LogP) is 4.58. The summed E-state index contributed by atoms with van der Waals surface area (Å²) in [6, 6.07) is 18.3. The quantitative estimate of drug-likeness (QED) is 0.252. The molecular weight excluding hydrogens is 520 g/mol. The molecule has 2 amide bonds. The molecule has 38 heavy (non-hydrogen) atoms. The number of para-hydroxylation sites is 1. The van der Waals surface area contributed by atoms with Gasteiger partial charge in [0.2, 0.25) is 5.91 Å². The van der Waals surface area contributed by atoms with Crippen LogP contribution in [-0.4, -0.2) is 26.3 Å². The monoisotopic (exact) mass is 552 g/mol. The zero-order valence-corrected chi connectivity index (χ0v) is 22.8. The predicted molar refractivity (Wildman–Crippen MR) is 150 cm³/mol. The maximum atomic E-state index is 13.6. The van der Waals surface area contributed by atoms with Gasteiger partial charge >= 0.3 is 0 Å². The lowest BCUT2D eigenvalue weighted by Crippen LogP contribution is -2.46. The number of benzene rings is 2. The molecule has 3 aromatic rings. The van der Waals surface area contributed by atoms with Crippen molar-refractivity contribution in [3.05, 3.63) is 94.8 Å². The summed E-state index contributed by atoms with van der Waals surface area (Å²) in [4.78, 5) is 31.7. The van der Waals surface area contributed by atoms with Crippen LogP contribution < -0.4 is 20.5 Å². The smallest absolute Gasteiger partial charge is 0.257 e. The first-order valence-electron chi connectivity index (χ1n) is 12.6. The number of hydrogen-bond donors (Lipinski definition) is 3. The van der Waals surface area contributed by atoms with Gasteiger partial charge in [0.15, 0.2) is 0 Å². The van der Waals surface area contributed by atoms with Gasteiger partial charge in [0.05, 0.1) is 4.90 Å². The first kappa shape index (κ1) is 27.6.